The number of carbonyl (C=O) groups is 1. The fraction of sp³-hybridized carbons (Fsp3) is 0.857. The second-order valence-electron chi connectivity index (χ2n) is 2.22. The van der Waals surface area contributed by atoms with Crippen LogP contribution in [0.25, 0.3) is 0 Å². The van der Waals surface area contributed by atoms with E-state index in [2.05, 4.69) is 15.1 Å². The monoisotopic (exact) mass is 177 g/mol. The van der Waals surface area contributed by atoms with Crippen molar-refractivity contribution >= 4 is 5.97 Å². The summed E-state index contributed by atoms with van der Waals surface area (Å²) in [5.41, 5.74) is 2.44. The molecule has 0 saturated carbocycles. The Morgan fingerprint density at radius 2 is 2.33 bits per heavy atom. The summed E-state index contributed by atoms with van der Waals surface area (Å²) in [6, 6.07) is 0. The molecule has 0 rings (SSSR count). The molecule has 2 N–H and O–H groups in total. The molecule has 1 unspecified atom stereocenters. The maximum atomic E-state index is 10.8. The maximum Gasteiger partial charge on any atom is 0.308 e. The molecule has 72 valence electrons. The van der Waals surface area contributed by atoms with Crippen molar-refractivity contribution in [2.24, 2.45) is 0 Å². The number of aliphatic hydroxyl groups excluding tert-OH is 1. The van der Waals surface area contributed by atoms with Gasteiger partial charge in [0, 0.05) is 6.54 Å². The third-order valence-electron chi connectivity index (χ3n) is 1.17. The fourth-order valence-electron chi connectivity index (χ4n) is 0.664. The number of hydrogen-bond acceptors (Lipinski definition) is 5. The Kier molecular flexibility index (Phi) is 6.64. The van der Waals surface area contributed by atoms with Crippen LogP contribution < -0.4 is 5.48 Å². The zero-order valence-electron chi connectivity index (χ0n) is 7.37. The van der Waals surface area contributed by atoms with Crippen molar-refractivity contribution in [3.05, 3.63) is 0 Å². The van der Waals surface area contributed by atoms with Gasteiger partial charge in [-0.2, -0.15) is 0 Å². The van der Waals surface area contributed by atoms with E-state index in [9.17, 15) is 4.79 Å². The Morgan fingerprint density at radius 3 is 2.83 bits per heavy atom. The number of nitrogens with one attached hydrogen (secondary N) is 1. The highest BCUT2D eigenvalue weighted by Gasteiger charge is 2.10. The summed E-state index contributed by atoms with van der Waals surface area (Å²) in [5, 5.41) is 9.13. The van der Waals surface area contributed by atoms with Crippen molar-refractivity contribution in [2.75, 3.05) is 20.3 Å². The lowest BCUT2D eigenvalue weighted by Gasteiger charge is -2.09. The van der Waals surface area contributed by atoms with Gasteiger partial charge in [0.25, 0.3) is 0 Å². The standard InChI is InChI=1S/C7H15NO4/c1-3-12-7(10)4-6(9)5-8-11-2/h6,8-9H,3-5H2,1-2H3. The number of esters is 1. The molecule has 0 spiro atoms. The Hall–Kier alpha value is -0.650. The van der Waals surface area contributed by atoms with E-state index in [4.69, 9.17) is 5.11 Å². The van der Waals surface area contributed by atoms with Crippen molar-refractivity contribution in [3.8, 4) is 0 Å². The van der Waals surface area contributed by atoms with Gasteiger partial charge in [-0.3, -0.25) is 4.79 Å². The molecule has 0 fully saturated rings. The molecular weight excluding hydrogens is 162 g/mol. The Labute approximate surface area is 71.6 Å². The second kappa shape index (κ2) is 7.02. The van der Waals surface area contributed by atoms with Crippen LogP contribution >= 0.6 is 0 Å². The van der Waals surface area contributed by atoms with Gasteiger partial charge in [0.1, 0.15) is 0 Å². The van der Waals surface area contributed by atoms with Gasteiger partial charge in [-0.05, 0) is 6.92 Å². The Bertz CT molecular complexity index is 129. The van der Waals surface area contributed by atoms with E-state index in [0.29, 0.717) is 6.61 Å². The quantitative estimate of drug-likeness (QED) is 0.421. The molecule has 0 saturated heterocycles. The van der Waals surface area contributed by atoms with Crippen LogP contribution in [0.15, 0.2) is 0 Å². The van der Waals surface area contributed by atoms with Gasteiger partial charge in [-0.15, -0.1) is 0 Å². The zero-order valence-corrected chi connectivity index (χ0v) is 7.37. The van der Waals surface area contributed by atoms with Gasteiger partial charge in [-0.25, -0.2) is 5.48 Å². The molecule has 0 aromatic heterocycles. The summed E-state index contributed by atoms with van der Waals surface area (Å²) in [7, 11) is 1.44. The molecule has 5 nitrogen and oxygen atoms in total. The van der Waals surface area contributed by atoms with E-state index in [1.165, 1.54) is 7.11 Å². The summed E-state index contributed by atoms with van der Waals surface area (Å²) in [5.74, 6) is -0.400. The van der Waals surface area contributed by atoms with Crippen molar-refractivity contribution in [1.29, 1.82) is 0 Å². The molecular formula is C7H15NO4. The first-order valence-corrected chi connectivity index (χ1v) is 3.80. The van der Waals surface area contributed by atoms with Gasteiger partial charge in [-0.1, -0.05) is 0 Å². The van der Waals surface area contributed by atoms with Gasteiger partial charge in [0.15, 0.2) is 0 Å². The minimum absolute atomic E-state index is 0.00972. The van der Waals surface area contributed by atoms with Crippen LogP contribution in [0, 0.1) is 0 Å². The third kappa shape index (κ3) is 6.09. The second-order valence-corrected chi connectivity index (χ2v) is 2.22. The average molecular weight is 177 g/mol. The molecule has 0 heterocycles. The Morgan fingerprint density at radius 1 is 1.67 bits per heavy atom. The number of ether oxygens (including phenoxy) is 1. The molecule has 0 aliphatic heterocycles. The molecule has 12 heavy (non-hydrogen) atoms. The van der Waals surface area contributed by atoms with E-state index in [0.717, 1.165) is 0 Å². The van der Waals surface area contributed by atoms with Crippen LogP contribution in [-0.4, -0.2) is 37.4 Å². The van der Waals surface area contributed by atoms with Crippen LogP contribution in [0.1, 0.15) is 13.3 Å². The largest absolute Gasteiger partial charge is 0.466 e. The lowest BCUT2D eigenvalue weighted by Crippen LogP contribution is -2.28. The van der Waals surface area contributed by atoms with E-state index in [1.807, 2.05) is 0 Å². The molecule has 0 aromatic carbocycles. The average Bonchev–Trinajstić information content (AvgIpc) is 2.01. The van der Waals surface area contributed by atoms with Crippen molar-refractivity contribution in [3.63, 3.8) is 0 Å². The summed E-state index contributed by atoms with van der Waals surface area (Å²) >= 11 is 0. The van der Waals surface area contributed by atoms with Crippen LogP contribution in [-0.2, 0) is 14.4 Å². The summed E-state index contributed by atoms with van der Waals surface area (Å²) in [6.07, 6.45) is -0.770. The molecule has 0 aliphatic carbocycles. The summed E-state index contributed by atoms with van der Waals surface area (Å²) in [6.45, 7) is 2.27. The number of aliphatic hydroxyl groups is 1. The molecule has 0 aromatic rings. The van der Waals surface area contributed by atoms with Crippen molar-refractivity contribution in [1.82, 2.24) is 5.48 Å². The first-order valence-electron chi connectivity index (χ1n) is 3.80. The van der Waals surface area contributed by atoms with Gasteiger partial charge >= 0.3 is 5.97 Å². The van der Waals surface area contributed by atoms with E-state index in [-0.39, 0.29) is 13.0 Å². The van der Waals surface area contributed by atoms with E-state index in [1.54, 1.807) is 6.92 Å². The van der Waals surface area contributed by atoms with Crippen molar-refractivity contribution < 1.29 is 19.5 Å². The first-order chi connectivity index (χ1) is 5.70. The van der Waals surface area contributed by atoms with Crippen LogP contribution in [0.2, 0.25) is 0 Å². The van der Waals surface area contributed by atoms with Crippen LogP contribution in [0.5, 0.6) is 0 Å². The van der Waals surface area contributed by atoms with E-state index >= 15 is 0 Å². The third-order valence-corrected chi connectivity index (χ3v) is 1.17. The number of hydroxylamine groups is 1. The highest BCUT2D eigenvalue weighted by molar-refractivity contribution is 5.69. The molecule has 0 aliphatic rings. The van der Waals surface area contributed by atoms with Gasteiger partial charge in [0.2, 0.25) is 0 Å². The number of rotatable bonds is 6. The topological polar surface area (TPSA) is 67.8 Å². The highest BCUT2D eigenvalue weighted by Crippen LogP contribution is 1.92. The minimum atomic E-state index is -0.760. The highest BCUT2D eigenvalue weighted by atomic mass is 16.6. The molecule has 0 bridgehead atoms. The lowest BCUT2D eigenvalue weighted by molar-refractivity contribution is -0.145. The number of hydrogen-bond donors (Lipinski definition) is 2. The fourth-order valence-corrected chi connectivity index (χ4v) is 0.664. The van der Waals surface area contributed by atoms with Gasteiger partial charge in [0.05, 0.1) is 26.2 Å². The molecule has 0 amide bonds. The lowest BCUT2D eigenvalue weighted by atomic mass is 10.2. The predicted molar refractivity (Wildman–Crippen MR) is 42.3 cm³/mol. The predicted octanol–water partition coefficient (Wildman–Crippen LogP) is -0.548. The SMILES string of the molecule is CCOC(=O)CC(O)CNOC. The molecule has 5 heteroatoms. The maximum absolute atomic E-state index is 10.8. The smallest absolute Gasteiger partial charge is 0.308 e. The molecule has 1 atom stereocenters. The zero-order chi connectivity index (χ0) is 9.40. The number of carbonyl (C=O) groups excluding carboxylic acids is 1. The summed E-state index contributed by atoms with van der Waals surface area (Å²) in [4.78, 5) is 15.3. The Balaban J connectivity index is 3.40. The first kappa shape index (κ1) is 11.4. The van der Waals surface area contributed by atoms with E-state index < -0.39 is 12.1 Å². The normalized spacial score (nSPS) is 12.6. The van der Waals surface area contributed by atoms with Crippen molar-refractivity contribution in [2.45, 2.75) is 19.4 Å². The summed E-state index contributed by atoms with van der Waals surface area (Å²) < 4.78 is 4.62. The van der Waals surface area contributed by atoms with Crippen LogP contribution in [0.3, 0.4) is 0 Å². The van der Waals surface area contributed by atoms with Gasteiger partial charge < -0.3 is 14.7 Å². The molecule has 0 radical (unpaired) electrons. The minimum Gasteiger partial charge on any atom is -0.466 e. The van der Waals surface area contributed by atoms with Crippen LogP contribution in [0.4, 0.5) is 0 Å².